The van der Waals surface area contributed by atoms with Gasteiger partial charge in [0, 0.05) is 10.7 Å². The molecule has 3 heteroatoms. The van der Waals surface area contributed by atoms with E-state index in [1.165, 1.54) is 0 Å². The Morgan fingerprint density at radius 3 is 2.56 bits per heavy atom. The summed E-state index contributed by atoms with van der Waals surface area (Å²) < 4.78 is 1.04. The van der Waals surface area contributed by atoms with Crippen molar-refractivity contribution in [1.29, 1.82) is 0 Å². The Kier molecular flexibility index (Phi) is 10.6. The van der Waals surface area contributed by atoms with Crippen LogP contribution in [0.15, 0.2) is 23.3 Å². The molecule has 0 aromatic rings. The van der Waals surface area contributed by atoms with Crippen LogP contribution in [0.1, 0.15) is 12.8 Å². The molecule has 1 nitrogen and oxygen atoms in total. The van der Waals surface area contributed by atoms with Crippen molar-refractivity contribution in [2.75, 3.05) is 0 Å². The van der Waals surface area contributed by atoms with Crippen molar-refractivity contribution in [1.82, 2.24) is 0 Å². The van der Waals surface area contributed by atoms with E-state index in [1.54, 1.807) is 6.20 Å². The molecule has 0 radical (unpaired) electrons. The van der Waals surface area contributed by atoms with Crippen molar-refractivity contribution >= 4 is 28.3 Å². The predicted octanol–water partition coefficient (Wildman–Crippen LogP) is 2.57. The highest BCUT2D eigenvalue weighted by atomic mass is 79.9. The molecule has 0 bridgehead atoms. The monoisotopic (exact) mass is 211 g/mol. The van der Waals surface area contributed by atoms with Gasteiger partial charge >= 0.3 is 0 Å². The van der Waals surface area contributed by atoms with Crippen molar-refractivity contribution in [3.63, 3.8) is 0 Å². The lowest BCUT2D eigenvalue weighted by atomic mass is 10.3. The van der Waals surface area contributed by atoms with Crippen LogP contribution in [-0.2, 0) is 0 Å². The molecular formula is C6H11BrClN. The van der Waals surface area contributed by atoms with Gasteiger partial charge < -0.3 is 5.73 Å². The van der Waals surface area contributed by atoms with Crippen molar-refractivity contribution in [3.05, 3.63) is 23.3 Å². The summed E-state index contributed by atoms with van der Waals surface area (Å²) in [6, 6.07) is 0. The van der Waals surface area contributed by atoms with Gasteiger partial charge in [-0.15, -0.1) is 19.0 Å². The fourth-order valence-corrected chi connectivity index (χ4v) is 0.552. The molecule has 0 spiro atoms. The van der Waals surface area contributed by atoms with Gasteiger partial charge in [-0.3, -0.25) is 0 Å². The second-order valence-corrected chi connectivity index (χ2v) is 2.46. The molecule has 0 aliphatic heterocycles. The fraction of sp³-hybridized carbons (Fsp3) is 0.333. The molecule has 9 heavy (non-hydrogen) atoms. The maximum absolute atomic E-state index is 5.17. The standard InChI is InChI=1S/C6H10BrN.ClH/c1-2-3-4-6(7)5-8;/h2,5H,1,3-4,8H2;1H/b6-5-;. The molecular weight excluding hydrogens is 201 g/mol. The first-order chi connectivity index (χ1) is 3.81. The first-order valence-corrected chi connectivity index (χ1v) is 3.27. The van der Waals surface area contributed by atoms with Crippen LogP contribution < -0.4 is 5.73 Å². The summed E-state index contributed by atoms with van der Waals surface area (Å²) in [5, 5.41) is 0. The highest BCUT2D eigenvalue weighted by molar-refractivity contribution is 9.11. The van der Waals surface area contributed by atoms with Gasteiger partial charge in [-0.2, -0.15) is 0 Å². The Morgan fingerprint density at radius 2 is 2.22 bits per heavy atom. The Bertz CT molecular complexity index is 101. The van der Waals surface area contributed by atoms with Crippen molar-refractivity contribution < 1.29 is 0 Å². The maximum Gasteiger partial charge on any atom is 0.0108 e. The lowest BCUT2D eigenvalue weighted by Gasteiger charge is -1.89. The van der Waals surface area contributed by atoms with Crippen LogP contribution >= 0.6 is 28.3 Å². The molecule has 0 aliphatic carbocycles. The SMILES string of the molecule is C=CCC/C(Br)=C/N.Cl. The molecule has 0 aliphatic rings. The van der Waals surface area contributed by atoms with Crippen molar-refractivity contribution in [3.8, 4) is 0 Å². The van der Waals surface area contributed by atoms with Gasteiger partial charge in [-0.25, -0.2) is 0 Å². The summed E-state index contributed by atoms with van der Waals surface area (Å²) in [4.78, 5) is 0. The number of halogens is 2. The first-order valence-electron chi connectivity index (χ1n) is 2.48. The van der Waals surface area contributed by atoms with Crippen LogP contribution in [0.2, 0.25) is 0 Å². The lowest BCUT2D eigenvalue weighted by Crippen LogP contribution is -1.80. The normalized spacial score (nSPS) is 10.1. The van der Waals surface area contributed by atoms with Gasteiger partial charge in [0.1, 0.15) is 0 Å². The largest absolute Gasteiger partial charge is 0.404 e. The van der Waals surface area contributed by atoms with E-state index >= 15 is 0 Å². The number of hydrogen-bond acceptors (Lipinski definition) is 1. The van der Waals surface area contributed by atoms with Crippen LogP contribution in [0.4, 0.5) is 0 Å². The summed E-state index contributed by atoms with van der Waals surface area (Å²) in [5.41, 5.74) is 5.17. The van der Waals surface area contributed by atoms with E-state index in [0.717, 1.165) is 17.3 Å². The molecule has 0 atom stereocenters. The molecule has 0 unspecified atom stereocenters. The van der Waals surface area contributed by atoms with Gasteiger partial charge in [0.15, 0.2) is 0 Å². The van der Waals surface area contributed by atoms with Gasteiger partial charge in [-0.1, -0.05) is 22.0 Å². The van der Waals surface area contributed by atoms with Crippen molar-refractivity contribution in [2.24, 2.45) is 5.73 Å². The molecule has 0 aromatic heterocycles. The average Bonchev–Trinajstić information content (AvgIpc) is 1.83. The van der Waals surface area contributed by atoms with E-state index in [0.29, 0.717) is 0 Å². The molecule has 0 rings (SSSR count). The Balaban J connectivity index is 0. The zero-order chi connectivity index (χ0) is 6.41. The zero-order valence-corrected chi connectivity index (χ0v) is 7.54. The van der Waals surface area contributed by atoms with E-state index in [-0.39, 0.29) is 12.4 Å². The second kappa shape index (κ2) is 8.05. The highest BCUT2D eigenvalue weighted by Crippen LogP contribution is 2.10. The summed E-state index contributed by atoms with van der Waals surface area (Å²) in [5.74, 6) is 0. The maximum atomic E-state index is 5.17. The number of nitrogens with two attached hydrogens (primary N) is 1. The topological polar surface area (TPSA) is 26.0 Å². The van der Waals surface area contributed by atoms with E-state index in [9.17, 15) is 0 Å². The van der Waals surface area contributed by atoms with Gasteiger partial charge in [0.05, 0.1) is 0 Å². The summed E-state index contributed by atoms with van der Waals surface area (Å²) in [7, 11) is 0. The van der Waals surface area contributed by atoms with Crippen LogP contribution in [0, 0.1) is 0 Å². The Hall–Kier alpha value is 0.0500. The molecule has 0 amide bonds. The minimum atomic E-state index is 0. The van der Waals surface area contributed by atoms with Gasteiger partial charge in [0.25, 0.3) is 0 Å². The molecule has 0 saturated heterocycles. The van der Waals surface area contributed by atoms with Crippen LogP contribution in [0.3, 0.4) is 0 Å². The summed E-state index contributed by atoms with van der Waals surface area (Å²) in [6.45, 7) is 3.58. The van der Waals surface area contributed by atoms with E-state index in [4.69, 9.17) is 5.73 Å². The number of hydrogen-bond donors (Lipinski definition) is 1. The summed E-state index contributed by atoms with van der Waals surface area (Å²) >= 11 is 3.27. The van der Waals surface area contributed by atoms with Gasteiger partial charge in [-0.05, 0) is 12.8 Å². The van der Waals surface area contributed by atoms with E-state index in [2.05, 4.69) is 22.5 Å². The van der Waals surface area contributed by atoms with Crippen LogP contribution in [0.25, 0.3) is 0 Å². The smallest absolute Gasteiger partial charge is 0.0108 e. The highest BCUT2D eigenvalue weighted by Gasteiger charge is 1.84. The first kappa shape index (κ1) is 11.8. The minimum Gasteiger partial charge on any atom is -0.404 e. The third-order valence-corrected chi connectivity index (χ3v) is 1.43. The summed E-state index contributed by atoms with van der Waals surface area (Å²) in [6.07, 6.45) is 5.36. The number of rotatable bonds is 3. The Morgan fingerprint density at radius 1 is 1.67 bits per heavy atom. The van der Waals surface area contributed by atoms with Crippen molar-refractivity contribution in [2.45, 2.75) is 12.8 Å². The molecule has 2 N–H and O–H groups in total. The second-order valence-electron chi connectivity index (χ2n) is 1.44. The lowest BCUT2D eigenvalue weighted by molar-refractivity contribution is 1.04. The third kappa shape index (κ3) is 8.05. The Labute approximate surface area is 70.5 Å². The minimum absolute atomic E-state index is 0. The fourth-order valence-electron chi connectivity index (χ4n) is 0.323. The zero-order valence-electron chi connectivity index (χ0n) is 5.14. The quantitative estimate of drug-likeness (QED) is 0.715. The molecule has 0 heterocycles. The van der Waals surface area contributed by atoms with Gasteiger partial charge in [0.2, 0.25) is 0 Å². The molecule has 54 valence electrons. The number of allylic oxidation sites excluding steroid dienone is 2. The van der Waals surface area contributed by atoms with Crippen LogP contribution in [-0.4, -0.2) is 0 Å². The van der Waals surface area contributed by atoms with E-state index < -0.39 is 0 Å². The molecule has 0 fully saturated rings. The molecule has 0 aromatic carbocycles. The third-order valence-electron chi connectivity index (χ3n) is 0.768. The van der Waals surface area contributed by atoms with E-state index in [1.807, 2.05) is 6.08 Å². The van der Waals surface area contributed by atoms with Crippen LogP contribution in [0.5, 0.6) is 0 Å². The average molecular weight is 213 g/mol. The molecule has 0 saturated carbocycles. The predicted molar refractivity (Wildman–Crippen MR) is 47.9 cm³/mol.